The summed E-state index contributed by atoms with van der Waals surface area (Å²) in [5, 5.41) is 2.72. The number of hydrogen-bond donors (Lipinski definition) is 2. The summed E-state index contributed by atoms with van der Waals surface area (Å²) in [6.45, 7) is 2.43. The summed E-state index contributed by atoms with van der Waals surface area (Å²) < 4.78 is 5.34. The first-order chi connectivity index (χ1) is 14.4. The van der Waals surface area contributed by atoms with Crippen LogP contribution in [0.5, 0.6) is 5.88 Å². The van der Waals surface area contributed by atoms with Crippen LogP contribution in [0.15, 0.2) is 42.6 Å². The number of benzene rings is 1. The third-order valence-electron chi connectivity index (χ3n) is 4.66. The summed E-state index contributed by atoms with van der Waals surface area (Å²) in [5.41, 5.74) is 6.42. The van der Waals surface area contributed by atoms with Crippen LogP contribution in [0, 0.1) is 0 Å². The maximum atomic E-state index is 12.9. The molecule has 1 aromatic carbocycles. The third-order valence-corrected chi connectivity index (χ3v) is 4.66. The minimum absolute atomic E-state index is 0.0623. The fraction of sp³-hybridized carbons (Fsp3) is 0.286. The third kappa shape index (κ3) is 4.45. The van der Waals surface area contributed by atoms with E-state index < -0.39 is 29.7 Å². The highest BCUT2D eigenvalue weighted by Gasteiger charge is 2.42. The number of nitrogens with zero attached hydrogens (tertiary/aromatic N) is 2. The average molecular weight is 410 g/mol. The maximum Gasteiger partial charge on any atom is 0.262 e. The molecule has 0 aliphatic carbocycles. The molecule has 0 saturated heterocycles. The van der Waals surface area contributed by atoms with E-state index in [1.165, 1.54) is 12.1 Å². The van der Waals surface area contributed by atoms with Gasteiger partial charge in [-0.3, -0.25) is 24.1 Å². The van der Waals surface area contributed by atoms with Crippen molar-refractivity contribution in [2.75, 3.05) is 6.61 Å². The van der Waals surface area contributed by atoms with Crippen LogP contribution < -0.4 is 15.8 Å². The van der Waals surface area contributed by atoms with Gasteiger partial charge in [-0.15, -0.1) is 0 Å². The molecule has 156 valence electrons. The van der Waals surface area contributed by atoms with Crippen LogP contribution in [0.3, 0.4) is 0 Å². The summed E-state index contributed by atoms with van der Waals surface area (Å²) in [6.07, 6.45) is 1.35. The van der Waals surface area contributed by atoms with Crippen molar-refractivity contribution in [3.63, 3.8) is 0 Å². The molecule has 30 heavy (non-hydrogen) atoms. The van der Waals surface area contributed by atoms with E-state index >= 15 is 0 Å². The van der Waals surface area contributed by atoms with Gasteiger partial charge in [-0.1, -0.05) is 12.1 Å². The lowest BCUT2D eigenvalue weighted by molar-refractivity contribution is -0.125. The van der Waals surface area contributed by atoms with Crippen molar-refractivity contribution in [1.82, 2.24) is 15.2 Å². The van der Waals surface area contributed by atoms with Gasteiger partial charge in [0.1, 0.15) is 6.04 Å². The topological polar surface area (TPSA) is 132 Å². The zero-order valence-electron chi connectivity index (χ0n) is 16.5. The van der Waals surface area contributed by atoms with Crippen molar-refractivity contribution in [3.8, 4) is 5.88 Å². The summed E-state index contributed by atoms with van der Waals surface area (Å²) in [6, 6.07) is 8.60. The Balaban J connectivity index is 1.78. The Morgan fingerprint density at radius 2 is 1.83 bits per heavy atom. The van der Waals surface area contributed by atoms with Gasteiger partial charge in [-0.05, 0) is 37.1 Å². The predicted molar refractivity (Wildman–Crippen MR) is 106 cm³/mol. The van der Waals surface area contributed by atoms with Gasteiger partial charge in [0.2, 0.25) is 17.7 Å². The normalized spacial score (nSPS) is 13.7. The molecule has 9 heteroatoms. The fourth-order valence-electron chi connectivity index (χ4n) is 3.24. The summed E-state index contributed by atoms with van der Waals surface area (Å²) in [7, 11) is 0. The molecular formula is C21H22N4O5. The lowest BCUT2D eigenvalue weighted by atomic mass is 10.1. The lowest BCUT2D eigenvalue weighted by Crippen LogP contribution is -2.49. The van der Waals surface area contributed by atoms with Crippen molar-refractivity contribution >= 4 is 23.6 Å². The zero-order valence-corrected chi connectivity index (χ0v) is 16.5. The van der Waals surface area contributed by atoms with Gasteiger partial charge in [0.25, 0.3) is 11.8 Å². The highest BCUT2D eigenvalue weighted by molar-refractivity contribution is 6.22. The number of ether oxygens (including phenoxy) is 1. The van der Waals surface area contributed by atoms with Crippen LogP contribution in [-0.4, -0.2) is 46.2 Å². The van der Waals surface area contributed by atoms with E-state index in [0.29, 0.717) is 12.5 Å². The maximum absolute atomic E-state index is 12.9. The van der Waals surface area contributed by atoms with Gasteiger partial charge < -0.3 is 15.8 Å². The van der Waals surface area contributed by atoms with E-state index in [0.717, 1.165) is 10.5 Å². The molecule has 0 spiro atoms. The second-order valence-corrected chi connectivity index (χ2v) is 6.70. The van der Waals surface area contributed by atoms with E-state index in [1.54, 1.807) is 30.5 Å². The van der Waals surface area contributed by atoms with Crippen LogP contribution in [0.4, 0.5) is 0 Å². The number of nitrogens with one attached hydrogen (secondary N) is 1. The number of primary amides is 1. The molecule has 0 fully saturated rings. The van der Waals surface area contributed by atoms with E-state index in [-0.39, 0.29) is 30.5 Å². The van der Waals surface area contributed by atoms with Gasteiger partial charge in [0, 0.05) is 25.2 Å². The molecule has 3 N–H and O–H groups in total. The SMILES string of the molecule is CCOc1cc(CNC(=O)C(CCC(N)=O)N2C(=O)c3ccccc3C2=O)ccn1. The zero-order chi connectivity index (χ0) is 21.7. The number of pyridine rings is 1. The molecule has 4 amide bonds. The monoisotopic (exact) mass is 410 g/mol. The smallest absolute Gasteiger partial charge is 0.262 e. The van der Waals surface area contributed by atoms with Gasteiger partial charge in [0.05, 0.1) is 17.7 Å². The molecule has 1 atom stereocenters. The molecule has 0 bridgehead atoms. The number of fused-ring (bicyclic) bond motifs is 1. The molecule has 1 aromatic heterocycles. The largest absolute Gasteiger partial charge is 0.478 e. The first-order valence-corrected chi connectivity index (χ1v) is 9.53. The Labute approximate surface area is 173 Å². The Hall–Kier alpha value is -3.75. The standard InChI is InChI=1S/C21H22N4O5/c1-2-30-18-11-13(9-10-23-18)12-24-19(27)16(7-8-17(22)26)25-20(28)14-5-3-4-6-15(14)21(25)29/h3-6,9-11,16H,2,7-8,12H2,1H3,(H2,22,26)(H,24,27). The van der Waals surface area contributed by atoms with Gasteiger partial charge in [-0.2, -0.15) is 0 Å². The highest BCUT2D eigenvalue weighted by Crippen LogP contribution is 2.26. The van der Waals surface area contributed by atoms with E-state index in [1.807, 2.05) is 6.92 Å². The first kappa shape index (κ1) is 21.0. The van der Waals surface area contributed by atoms with Crippen molar-refractivity contribution in [1.29, 1.82) is 0 Å². The molecule has 3 rings (SSSR count). The van der Waals surface area contributed by atoms with Gasteiger partial charge in [-0.25, -0.2) is 4.98 Å². The molecule has 2 aromatic rings. The van der Waals surface area contributed by atoms with E-state index in [2.05, 4.69) is 10.3 Å². The predicted octanol–water partition coefficient (Wildman–Crippen LogP) is 1.03. The van der Waals surface area contributed by atoms with E-state index in [4.69, 9.17) is 10.5 Å². The summed E-state index contributed by atoms with van der Waals surface area (Å²) >= 11 is 0. The average Bonchev–Trinajstić information content (AvgIpc) is 2.98. The number of hydrogen-bond acceptors (Lipinski definition) is 6. The van der Waals surface area contributed by atoms with Crippen molar-refractivity contribution < 1.29 is 23.9 Å². The number of amides is 4. The van der Waals surface area contributed by atoms with Crippen molar-refractivity contribution in [2.24, 2.45) is 5.73 Å². The minimum Gasteiger partial charge on any atom is -0.478 e. The minimum atomic E-state index is -1.15. The number of carbonyl (C=O) groups is 4. The molecule has 1 aliphatic rings. The Bertz CT molecular complexity index is 956. The molecule has 0 radical (unpaired) electrons. The van der Waals surface area contributed by atoms with Crippen LogP contribution in [0.1, 0.15) is 46.0 Å². The van der Waals surface area contributed by atoms with Gasteiger partial charge in [0.15, 0.2) is 0 Å². The molecule has 1 unspecified atom stereocenters. The van der Waals surface area contributed by atoms with Crippen LogP contribution in [-0.2, 0) is 16.1 Å². The quantitative estimate of drug-likeness (QED) is 0.594. The Morgan fingerprint density at radius 1 is 1.17 bits per heavy atom. The van der Waals surface area contributed by atoms with Crippen LogP contribution in [0.2, 0.25) is 0 Å². The lowest BCUT2D eigenvalue weighted by Gasteiger charge is -2.25. The second-order valence-electron chi connectivity index (χ2n) is 6.70. The Morgan fingerprint density at radius 3 is 2.43 bits per heavy atom. The highest BCUT2D eigenvalue weighted by atomic mass is 16.5. The van der Waals surface area contributed by atoms with Crippen molar-refractivity contribution in [2.45, 2.75) is 32.4 Å². The number of aromatic nitrogens is 1. The number of rotatable bonds is 9. The molecular weight excluding hydrogens is 388 g/mol. The first-order valence-electron chi connectivity index (χ1n) is 9.53. The number of imide groups is 1. The second kappa shape index (κ2) is 9.17. The Kier molecular flexibility index (Phi) is 6.41. The fourth-order valence-corrected chi connectivity index (χ4v) is 3.24. The van der Waals surface area contributed by atoms with Gasteiger partial charge >= 0.3 is 0 Å². The molecule has 2 heterocycles. The number of nitrogens with two attached hydrogens (primary N) is 1. The summed E-state index contributed by atoms with van der Waals surface area (Å²) in [5.74, 6) is -1.89. The van der Waals surface area contributed by atoms with Crippen LogP contribution in [0.25, 0.3) is 0 Å². The van der Waals surface area contributed by atoms with Crippen molar-refractivity contribution in [3.05, 3.63) is 59.3 Å². The molecule has 0 saturated carbocycles. The molecule has 1 aliphatic heterocycles. The van der Waals surface area contributed by atoms with Crippen LogP contribution >= 0.6 is 0 Å². The van der Waals surface area contributed by atoms with E-state index in [9.17, 15) is 19.2 Å². The molecule has 9 nitrogen and oxygen atoms in total. The number of carbonyl (C=O) groups excluding carboxylic acids is 4. The summed E-state index contributed by atoms with van der Waals surface area (Å²) in [4.78, 5) is 54.7.